The topological polar surface area (TPSA) is 20.3 Å². The number of hydrogen-bond acceptors (Lipinski definition) is 1. The maximum Gasteiger partial charge on any atom is 1.00 e. The first kappa shape index (κ1) is 14.1. The fraction of sp³-hybridized carbons (Fsp3) is 0. The van der Waals surface area contributed by atoms with Crippen molar-refractivity contribution < 1.29 is 23.7 Å². The van der Waals surface area contributed by atoms with E-state index in [1.54, 1.807) is 0 Å². The van der Waals surface area contributed by atoms with E-state index in [1.807, 2.05) is 66.6 Å². The standard InChI is InChI=1S/C15H10NO.Li/c1-2-15(17)16(13-9-5-3-6-10-13)14-11-7-4-8-12-14;/h3-12H;/q-1;+1. The summed E-state index contributed by atoms with van der Waals surface area (Å²) < 4.78 is 0. The molecule has 2 rings (SSSR count). The Morgan fingerprint density at radius 3 is 1.61 bits per heavy atom. The molecule has 0 bridgehead atoms. The average Bonchev–Trinajstić information content (AvgIpc) is 2.41. The zero-order valence-electron chi connectivity index (χ0n) is 10.1. The fourth-order valence-corrected chi connectivity index (χ4v) is 1.59. The van der Waals surface area contributed by atoms with Crippen molar-refractivity contribution in [1.29, 1.82) is 0 Å². The molecule has 0 atom stereocenters. The molecule has 0 spiro atoms. The fourth-order valence-electron chi connectivity index (χ4n) is 1.59. The first-order chi connectivity index (χ1) is 8.33. The molecule has 0 radical (unpaired) electrons. The third-order valence-electron chi connectivity index (χ3n) is 2.34. The molecule has 0 N–H and O–H groups in total. The van der Waals surface area contributed by atoms with Crippen LogP contribution in [0.5, 0.6) is 0 Å². The van der Waals surface area contributed by atoms with Crippen LogP contribution in [0.3, 0.4) is 0 Å². The molecule has 1 amide bonds. The van der Waals surface area contributed by atoms with Gasteiger partial charge in [-0.15, -0.1) is 0 Å². The van der Waals surface area contributed by atoms with Gasteiger partial charge in [-0.2, -0.15) is 0 Å². The molecule has 3 heteroatoms. The van der Waals surface area contributed by atoms with E-state index in [0.717, 1.165) is 11.4 Å². The van der Waals surface area contributed by atoms with Gasteiger partial charge in [0.2, 0.25) is 0 Å². The number of rotatable bonds is 2. The van der Waals surface area contributed by atoms with E-state index in [9.17, 15) is 4.79 Å². The molecule has 2 nitrogen and oxygen atoms in total. The zero-order valence-corrected chi connectivity index (χ0v) is 10.1. The van der Waals surface area contributed by atoms with E-state index < -0.39 is 5.91 Å². The molecule has 18 heavy (non-hydrogen) atoms. The Morgan fingerprint density at radius 1 is 0.889 bits per heavy atom. The second kappa shape index (κ2) is 6.72. The van der Waals surface area contributed by atoms with Crippen LogP contribution in [-0.2, 0) is 4.79 Å². The Morgan fingerprint density at radius 2 is 1.28 bits per heavy atom. The largest absolute Gasteiger partial charge is 1.00 e. The predicted octanol–water partition coefficient (Wildman–Crippen LogP) is -0.0549. The van der Waals surface area contributed by atoms with Crippen LogP contribution in [0.25, 0.3) is 0 Å². The summed E-state index contributed by atoms with van der Waals surface area (Å²) in [5.41, 5.74) is 1.45. The van der Waals surface area contributed by atoms with Crippen molar-refractivity contribution in [3.63, 3.8) is 0 Å². The van der Waals surface area contributed by atoms with Gasteiger partial charge in [0.15, 0.2) is 0 Å². The molecule has 0 aliphatic rings. The van der Waals surface area contributed by atoms with Crippen molar-refractivity contribution in [2.24, 2.45) is 0 Å². The predicted molar refractivity (Wildman–Crippen MR) is 67.2 cm³/mol. The Kier molecular flexibility index (Phi) is 5.27. The van der Waals surface area contributed by atoms with Crippen LogP contribution >= 0.6 is 0 Å². The summed E-state index contributed by atoms with van der Waals surface area (Å²) in [6.45, 7) is 0. The van der Waals surface area contributed by atoms with Crippen LogP contribution < -0.4 is 23.8 Å². The van der Waals surface area contributed by atoms with Crippen molar-refractivity contribution in [3.05, 3.63) is 67.1 Å². The van der Waals surface area contributed by atoms with E-state index in [-0.39, 0.29) is 18.9 Å². The minimum Gasteiger partial charge on any atom is -0.373 e. The third-order valence-corrected chi connectivity index (χ3v) is 2.34. The molecule has 0 fully saturated rings. The Labute approximate surface area is 119 Å². The van der Waals surface area contributed by atoms with Gasteiger partial charge in [0.25, 0.3) is 0 Å². The SMILES string of the molecule is [C-]#CC(=O)N(c1ccccc1)c1ccccc1.[Li+]. The second-order valence-corrected chi connectivity index (χ2v) is 3.44. The van der Waals surface area contributed by atoms with Crippen LogP contribution in [0.1, 0.15) is 0 Å². The maximum absolute atomic E-state index is 11.7. The summed E-state index contributed by atoms with van der Waals surface area (Å²) in [6.07, 6.45) is 7.00. The summed E-state index contributed by atoms with van der Waals surface area (Å²) in [6, 6.07) is 18.4. The minimum atomic E-state index is -0.484. The number of carbonyl (C=O) groups is 1. The Bertz CT molecular complexity index is 506. The van der Waals surface area contributed by atoms with Gasteiger partial charge >= 0.3 is 18.9 Å². The normalized spacial score (nSPS) is 8.83. The van der Waals surface area contributed by atoms with Crippen LogP contribution in [0.4, 0.5) is 11.4 Å². The van der Waals surface area contributed by atoms with Gasteiger partial charge in [-0.3, -0.25) is 0 Å². The Balaban J connectivity index is 0.00000162. The van der Waals surface area contributed by atoms with Gasteiger partial charge in [0.1, 0.15) is 5.91 Å². The van der Waals surface area contributed by atoms with Crippen molar-refractivity contribution in [2.45, 2.75) is 0 Å². The van der Waals surface area contributed by atoms with Crippen molar-refractivity contribution >= 4 is 17.3 Å². The molecule has 0 aliphatic heterocycles. The molecule has 82 valence electrons. The summed E-state index contributed by atoms with van der Waals surface area (Å²) >= 11 is 0. The first-order valence-electron chi connectivity index (χ1n) is 5.20. The number of amides is 1. The summed E-state index contributed by atoms with van der Waals surface area (Å²) in [5, 5.41) is 0. The Hall–Kier alpha value is -1.93. The molecule has 0 heterocycles. The summed E-state index contributed by atoms with van der Waals surface area (Å²) in [4.78, 5) is 13.2. The van der Waals surface area contributed by atoms with Crippen LogP contribution in [0, 0.1) is 12.3 Å². The van der Waals surface area contributed by atoms with E-state index in [4.69, 9.17) is 6.42 Å². The molecule has 2 aromatic carbocycles. The first-order valence-corrected chi connectivity index (χ1v) is 5.20. The number of anilines is 2. The molecule has 0 unspecified atom stereocenters. The molecule has 0 saturated carbocycles. The van der Waals surface area contributed by atoms with Crippen molar-refractivity contribution in [3.8, 4) is 5.92 Å². The van der Waals surface area contributed by atoms with E-state index >= 15 is 0 Å². The van der Waals surface area contributed by atoms with Gasteiger partial charge in [-0.05, 0) is 24.3 Å². The third kappa shape index (κ3) is 3.05. The number of nitrogens with zero attached hydrogens (tertiary/aromatic N) is 1. The second-order valence-electron chi connectivity index (χ2n) is 3.44. The molecule has 0 aromatic heterocycles. The minimum absolute atomic E-state index is 0. The smallest absolute Gasteiger partial charge is 0.373 e. The number of para-hydroxylation sites is 2. The molecule has 0 saturated heterocycles. The quantitative estimate of drug-likeness (QED) is 0.400. The average molecular weight is 227 g/mol. The van der Waals surface area contributed by atoms with Crippen molar-refractivity contribution in [2.75, 3.05) is 4.90 Å². The van der Waals surface area contributed by atoms with E-state index in [1.165, 1.54) is 4.90 Å². The van der Waals surface area contributed by atoms with E-state index in [0.29, 0.717) is 0 Å². The number of carbonyl (C=O) groups excluding carboxylic acids is 1. The number of benzene rings is 2. The maximum atomic E-state index is 11.7. The van der Waals surface area contributed by atoms with Gasteiger partial charge < -0.3 is 16.1 Å². The molecule has 0 aliphatic carbocycles. The van der Waals surface area contributed by atoms with Crippen molar-refractivity contribution in [1.82, 2.24) is 0 Å². The number of hydrogen-bond donors (Lipinski definition) is 0. The summed E-state index contributed by atoms with van der Waals surface area (Å²) in [7, 11) is 0. The monoisotopic (exact) mass is 227 g/mol. The van der Waals surface area contributed by atoms with Gasteiger partial charge in [-0.25, -0.2) is 5.92 Å². The van der Waals surface area contributed by atoms with Gasteiger partial charge in [0, 0.05) is 11.4 Å². The van der Waals surface area contributed by atoms with Crippen LogP contribution in [-0.4, -0.2) is 5.91 Å². The molecule has 2 aromatic rings. The molecular weight excluding hydrogens is 217 g/mol. The summed E-state index contributed by atoms with van der Waals surface area (Å²) in [5.74, 6) is 1.42. The molecular formula is C15H10LiNO. The van der Waals surface area contributed by atoms with Gasteiger partial charge in [0.05, 0.1) is 0 Å². The van der Waals surface area contributed by atoms with E-state index in [2.05, 4.69) is 0 Å². The van der Waals surface area contributed by atoms with Crippen LogP contribution in [0.2, 0.25) is 0 Å². The zero-order chi connectivity index (χ0) is 12.1. The van der Waals surface area contributed by atoms with Crippen LogP contribution in [0.15, 0.2) is 60.7 Å². The van der Waals surface area contributed by atoms with Gasteiger partial charge in [-0.1, -0.05) is 36.4 Å².